The molecule has 0 spiro atoms. The number of nitrogens with zero attached hydrogens (tertiary/aromatic N) is 2. The van der Waals surface area contributed by atoms with Crippen molar-refractivity contribution >= 4 is 10.0 Å². The van der Waals surface area contributed by atoms with Crippen molar-refractivity contribution in [3.8, 4) is 0 Å². The molecule has 1 aliphatic rings. The van der Waals surface area contributed by atoms with Gasteiger partial charge in [0, 0.05) is 25.3 Å². The molecule has 118 valence electrons. The predicted molar refractivity (Wildman–Crippen MR) is 83.4 cm³/mol. The van der Waals surface area contributed by atoms with Crippen LogP contribution in [0.3, 0.4) is 0 Å². The Hall–Kier alpha value is -0.980. The van der Waals surface area contributed by atoms with Crippen LogP contribution >= 0.6 is 0 Å². The lowest BCUT2D eigenvalue weighted by Crippen LogP contribution is -2.38. The van der Waals surface area contributed by atoms with Crippen LogP contribution in [0.1, 0.15) is 39.2 Å². The van der Waals surface area contributed by atoms with E-state index in [1.54, 1.807) is 16.6 Å². The second-order valence-electron chi connectivity index (χ2n) is 5.90. The summed E-state index contributed by atoms with van der Waals surface area (Å²) in [6, 6.07) is 3.40. The number of hydrogen-bond donors (Lipinski definition) is 1. The first kappa shape index (κ1) is 16.4. The number of hydrogen-bond acceptors (Lipinski definition) is 4. The minimum Gasteiger partial charge on any atom is -0.313 e. The van der Waals surface area contributed by atoms with E-state index in [4.69, 9.17) is 0 Å². The molecule has 1 heterocycles. The molecule has 0 saturated heterocycles. The number of aromatic nitrogens is 1. The van der Waals surface area contributed by atoms with Crippen LogP contribution < -0.4 is 5.32 Å². The number of pyridine rings is 1. The van der Waals surface area contributed by atoms with Crippen LogP contribution in [0.4, 0.5) is 0 Å². The monoisotopic (exact) mass is 311 g/mol. The number of nitrogens with one attached hydrogen (secondary N) is 1. The lowest BCUT2D eigenvalue weighted by Gasteiger charge is -2.25. The molecular formula is C15H25N3O2S. The fourth-order valence-corrected chi connectivity index (χ4v) is 3.83. The van der Waals surface area contributed by atoms with Crippen molar-refractivity contribution in [3.63, 3.8) is 0 Å². The highest BCUT2D eigenvalue weighted by molar-refractivity contribution is 7.89. The molecule has 1 N–H and O–H groups in total. The topological polar surface area (TPSA) is 62.3 Å². The fourth-order valence-electron chi connectivity index (χ4n) is 2.20. The Morgan fingerprint density at radius 2 is 2.10 bits per heavy atom. The van der Waals surface area contributed by atoms with Gasteiger partial charge in [0.25, 0.3) is 10.0 Å². The molecule has 0 radical (unpaired) electrons. The molecule has 0 bridgehead atoms. The van der Waals surface area contributed by atoms with Gasteiger partial charge in [0.1, 0.15) is 0 Å². The van der Waals surface area contributed by atoms with Crippen LogP contribution in [0.15, 0.2) is 23.4 Å². The van der Waals surface area contributed by atoms with Crippen LogP contribution in [0.25, 0.3) is 0 Å². The molecule has 0 unspecified atom stereocenters. The second-order valence-corrected chi connectivity index (χ2v) is 7.73. The first-order valence-corrected chi connectivity index (χ1v) is 9.06. The highest BCUT2D eigenvalue weighted by atomic mass is 32.2. The van der Waals surface area contributed by atoms with Crippen LogP contribution in [0.5, 0.6) is 0 Å². The second kappa shape index (κ2) is 6.85. The average Bonchev–Trinajstić information content (AvgIpc) is 3.26. The Morgan fingerprint density at radius 1 is 1.38 bits per heavy atom. The van der Waals surface area contributed by atoms with Gasteiger partial charge in [-0.3, -0.25) is 0 Å². The van der Waals surface area contributed by atoms with E-state index in [0.717, 1.165) is 24.9 Å². The Bertz CT molecular complexity index is 551. The van der Waals surface area contributed by atoms with Crippen molar-refractivity contribution in [2.24, 2.45) is 5.92 Å². The molecule has 5 nitrogen and oxygen atoms in total. The van der Waals surface area contributed by atoms with Crippen molar-refractivity contribution in [2.75, 3.05) is 13.1 Å². The molecule has 1 fully saturated rings. The standard InChI is InChI=1S/C15H25N3O2S/c1-4-16-9-14-7-8-15(17-10-14)21(19,20)18(12(2)3)11-13-5-6-13/h7-8,10,12-13,16H,4-6,9,11H2,1-3H3. The number of rotatable bonds is 8. The Kier molecular flexibility index (Phi) is 5.35. The largest absolute Gasteiger partial charge is 0.313 e. The molecule has 21 heavy (non-hydrogen) atoms. The smallest absolute Gasteiger partial charge is 0.260 e. The van der Waals surface area contributed by atoms with Gasteiger partial charge in [0.15, 0.2) is 5.03 Å². The molecule has 1 saturated carbocycles. The lowest BCUT2D eigenvalue weighted by atomic mass is 10.3. The molecular weight excluding hydrogens is 286 g/mol. The zero-order valence-corrected chi connectivity index (χ0v) is 13.9. The number of sulfonamides is 1. The third kappa shape index (κ3) is 4.25. The van der Waals surface area contributed by atoms with Gasteiger partial charge in [-0.25, -0.2) is 13.4 Å². The van der Waals surface area contributed by atoms with Crippen molar-refractivity contribution in [1.29, 1.82) is 0 Å². The van der Waals surface area contributed by atoms with Gasteiger partial charge in [-0.2, -0.15) is 4.31 Å². The maximum absolute atomic E-state index is 12.7. The lowest BCUT2D eigenvalue weighted by molar-refractivity contribution is 0.340. The highest BCUT2D eigenvalue weighted by Gasteiger charge is 2.33. The summed E-state index contributed by atoms with van der Waals surface area (Å²) in [7, 11) is -3.49. The van der Waals surface area contributed by atoms with E-state index in [1.807, 2.05) is 26.8 Å². The Labute approximate surface area is 127 Å². The molecule has 0 atom stereocenters. The summed E-state index contributed by atoms with van der Waals surface area (Å²) in [5.41, 5.74) is 0.995. The van der Waals surface area contributed by atoms with Crippen LogP contribution in [0.2, 0.25) is 0 Å². The van der Waals surface area contributed by atoms with Gasteiger partial charge < -0.3 is 5.32 Å². The Morgan fingerprint density at radius 3 is 2.57 bits per heavy atom. The van der Waals surface area contributed by atoms with Crippen molar-refractivity contribution in [2.45, 2.75) is 51.2 Å². The molecule has 0 amide bonds. The van der Waals surface area contributed by atoms with Gasteiger partial charge in [-0.15, -0.1) is 0 Å². The van der Waals surface area contributed by atoms with E-state index in [1.165, 1.54) is 0 Å². The quantitative estimate of drug-likeness (QED) is 0.797. The first-order chi connectivity index (χ1) is 9.95. The minimum absolute atomic E-state index is 0.0427. The van der Waals surface area contributed by atoms with Crippen molar-refractivity contribution < 1.29 is 8.42 Å². The summed E-state index contributed by atoms with van der Waals surface area (Å²) in [6.07, 6.45) is 3.91. The normalized spacial score (nSPS) is 15.9. The summed E-state index contributed by atoms with van der Waals surface area (Å²) >= 11 is 0. The summed E-state index contributed by atoms with van der Waals surface area (Å²) < 4.78 is 27.0. The zero-order chi connectivity index (χ0) is 15.5. The van der Waals surface area contributed by atoms with Crippen molar-refractivity contribution in [3.05, 3.63) is 23.9 Å². The van der Waals surface area contributed by atoms with E-state index in [9.17, 15) is 8.42 Å². The molecule has 1 aromatic heterocycles. The minimum atomic E-state index is -3.49. The summed E-state index contributed by atoms with van der Waals surface area (Å²) in [4.78, 5) is 4.16. The zero-order valence-electron chi connectivity index (χ0n) is 13.0. The van der Waals surface area contributed by atoms with E-state index in [0.29, 0.717) is 19.0 Å². The predicted octanol–water partition coefficient (Wildman–Crippen LogP) is 2.00. The van der Waals surface area contributed by atoms with Crippen molar-refractivity contribution in [1.82, 2.24) is 14.6 Å². The summed E-state index contributed by atoms with van der Waals surface area (Å²) in [5.74, 6) is 0.523. The molecule has 1 aromatic rings. The van der Waals surface area contributed by atoms with Crippen LogP contribution in [-0.2, 0) is 16.6 Å². The third-order valence-electron chi connectivity index (χ3n) is 3.66. The van der Waals surface area contributed by atoms with E-state index < -0.39 is 10.0 Å². The SMILES string of the molecule is CCNCc1ccc(S(=O)(=O)N(CC2CC2)C(C)C)nc1. The van der Waals surface area contributed by atoms with E-state index in [2.05, 4.69) is 10.3 Å². The van der Waals surface area contributed by atoms with Crippen LogP contribution in [-0.4, -0.2) is 36.8 Å². The van der Waals surface area contributed by atoms with Gasteiger partial charge in [-0.05, 0) is 50.8 Å². The molecule has 2 rings (SSSR count). The first-order valence-electron chi connectivity index (χ1n) is 7.62. The summed E-state index contributed by atoms with van der Waals surface area (Å²) in [6.45, 7) is 8.06. The third-order valence-corrected chi connectivity index (χ3v) is 5.62. The molecule has 6 heteroatoms. The molecule has 0 aliphatic heterocycles. The maximum Gasteiger partial charge on any atom is 0.260 e. The van der Waals surface area contributed by atoms with Gasteiger partial charge in [0.05, 0.1) is 0 Å². The average molecular weight is 311 g/mol. The van der Waals surface area contributed by atoms with Crippen LogP contribution in [0, 0.1) is 5.92 Å². The molecule has 1 aliphatic carbocycles. The summed E-state index contributed by atoms with van der Waals surface area (Å²) in [5, 5.41) is 3.35. The Balaban J connectivity index is 2.16. The fraction of sp³-hybridized carbons (Fsp3) is 0.667. The van der Waals surface area contributed by atoms with E-state index in [-0.39, 0.29) is 11.1 Å². The maximum atomic E-state index is 12.7. The van der Waals surface area contributed by atoms with Gasteiger partial charge in [0.2, 0.25) is 0 Å². The molecule has 0 aromatic carbocycles. The highest BCUT2D eigenvalue weighted by Crippen LogP contribution is 2.32. The van der Waals surface area contributed by atoms with Gasteiger partial charge >= 0.3 is 0 Å². The van der Waals surface area contributed by atoms with Gasteiger partial charge in [-0.1, -0.05) is 13.0 Å². The van der Waals surface area contributed by atoms with E-state index >= 15 is 0 Å².